The van der Waals surface area contributed by atoms with Crippen molar-refractivity contribution in [1.82, 2.24) is 14.7 Å². The molecule has 0 amide bonds. The summed E-state index contributed by atoms with van der Waals surface area (Å²) in [6.45, 7) is 0.267. The quantitative estimate of drug-likeness (QED) is 0.376. The normalized spacial score (nSPS) is 11.2. The first-order valence-electron chi connectivity index (χ1n) is 7.95. The number of nitrogens with one attached hydrogen (secondary N) is 1. The predicted octanol–water partition coefficient (Wildman–Crippen LogP) is 2.05. The molecule has 3 aromatic rings. The van der Waals surface area contributed by atoms with Gasteiger partial charge in [-0.2, -0.15) is 0 Å². The third kappa shape index (κ3) is 4.47. The second-order valence-corrected chi connectivity index (χ2v) is 6.57. The maximum absolute atomic E-state index is 13.9. The van der Waals surface area contributed by atoms with E-state index in [4.69, 9.17) is 0 Å². The molecule has 0 radical (unpaired) electrons. The molecule has 0 aliphatic heterocycles. The van der Waals surface area contributed by atoms with Crippen molar-refractivity contribution in [3.05, 3.63) is 71.4 Å². The van der Waals surface area contributed by atoms with Gasteiger partial charge in [0.2, 0.25) is 10.9 Å². The minimum absolute atomic E-state index is 0.249. The van der Waals surface area contributed by atoms with Crippen LogP contribution in [0.5, 0.6) is 0 Å². The minimum Gasteiger partial charge on any atom is -0.289 e. The van der Waals surface area contributed by atoms with Gasteiger partial charge in [0.25, 0.3) is 0 Å². The van der Waals surface area contributed by atoms with Gasteiger partial charge in [-0.15, -0.1) is 0 Å². The lowest BCUT2D eigenvalue weighted by atomic mass is 9.98. The molecule has 0 spiro atoms. The first kappa shape index (κ1) is 18.1. The van der Waals surface area contributed by atoms with Crippen LogP contribution in [0.15, 0.2) is 48.9 Å². The fraction of sp³-hybridized carbons (Fsp3) is 0.167. The van der Waals surface area contributed by atoms with E-state index < -0.39 is 16.7 Å². The second-order valence-electron chi connectivity index (χ2n) is 5.74. The Kier molecular flexibility index (Phi) is 5.65. The molecule has 0 atom stereocenters. The number of carbonyl (C=O) groups excluding carboxylic acids is 1. The zero-order valence-corrected chi connectivity index (χ0v) is 14.6. The van der Waals surface area contributed by atoms with E-state index in [2.05, 4.69) is 14.7 Å². The fourth-order valence-corrected chi connectivity index (χ4v) is 3.02. The molecule has 0 bridgehead atoms. The second kappa shape index (κ2) is 8.11. The lowest BCUT2D eigenvalue weighted by Crippen LogP contribution is -2.13. The maximum atomic E-state index is 13.9. The zero-order chi connectivity index (χ0) is 18.5. The Bertz CT molecular complexity index is 1030. The Hall–Kier alpha value is -2.71. The smallest absolute Gasteiger partial charge is 0.201 e. The molecule has 0 saturated heterocycles. The van der Waals surface area contributed by atoms with Gasteiger partial charge in [0.15, 0.2) is 5.78 Å². The number of ketones is 1. The summed E-state index contributed by atoms with van der Waals surface area (Å²) in [5.74, 6) is -0.796. The van der Waals surface area contributed by atoms with Crippen molar-refractivity contribution in [1.29, 1.82) is 0 Å². The molecule has 1 heterocycles. The molecule has 1 N–H and O–H groups in total. The highest BCUT2D eigenvalue weighted by Crippen LogP contribution is 2.18. The number of halogens is 1. The van der Waals surface area contributed by atoms with Gasteiger partial charge in [0, 0.05) is 29.3 Å². The van der Waals surface area contributed by atoms with Crippen LogP contribution in [0.1, 0.15) is 27.9 Å². The van der Waals surface area contributed by atoms with Crippen molar-refractivity contribution >= 4 is 27.6 Å². The zero-order valence-electron chi connectivity index (χ0n) is 13.7. The Morgan fingerprint density at radius 2 is 1.96 bits per heavy atom. The van der Waals surface area contributed by atoms with Crippen LogP contribution in [0.4, 0.5) is 4.39 Å². The summed E-state index contributed by atoms with van der Waals surface area (Å²) in [5.41, 5.74) is 2.04. The number of fused-ring (bicyclic) bond motifs is 1. The average Bonchev–Trinajstić information content (AvgIpc) is 2.63. The summed E-state index contributed by atoms with van der Waals surface area (Å²) in [6, 6.07) is 9.23. The Morgan fingerprint density at radius 1 is 1.12 bits per heavy atom. The van der Waals surface area contributed by atoms with Crippen molar-refractivity contribution < 1.29 is 17.6 Å². The molecule has 0 unspecified atom stereocenters. The van der Waals surface area contributed by atoms with Gasteiger partial charge in [0.05, 0.1) is 5.52 Å². The van der Waals surface area contributed by atoms with E-state index >= 15 is 0 Å². The SMILES string of the molecule is O=C(c1cc(F)cc(CCCN[SH](=O)=O)c1)c1ccc2ncncc2c1. The number of hydrogen-bond donors (Lipinski definition) is 2. The molecule has 3 rings (SSSR count). The van der Waals surface area contributed by atoms with Crippen molar-refractivity contribution in [3.8, 4) is 0 Å². The molecule has 26 heavy (non-hydrogen) atoms. The summed E-state index contributed by atoms with van der Waals surface area (Å²) < 4.78 is 37.1. The number of aromatic nitrogens is 2. The average molecular weight is 373 g/mol. The topological polar surface area (TPSA) is 89.0 Å². The van der Waals surface area contributed by atoms with Crippen LogP contribution in [0.2, 0.25) is 0 Å². The van der Waals surface area contributed by atoms with E-state index in [1.54, 1.807) is 30.5 Å². The Balaban J connectivity index is 1.81. The third-order valence-corrected chi connectivity index (χ3v) is 4.35. The van der Waals surface area contributed by atoms with Crippen LogP contribution in [-0.4, -0.2) is 30.7 Å². The van der Waals surface area contributed by atoms with Gasteiger partial charge in [-0.05, 0) is 54.8 Å². The van der Waals surface area contributed by atoms with Crippen molar-refractivity contribution in [2.24, 2.45) is 0 Å². The molecule has 8 heteroatoms. The van der Waals surface area contributed by atoms with Crippen LogP contribution < -0.4 is 4.72 Å². The van der Waals surface area contributed by atoms with Crippen LogP contribution in [0.3, 0.4) is 0 Å². The van der Waals surface area contributed by atoms with Crippen LogP contribution in [0.25, 0.3) is 10.9 Å². The van der Waals surface area contributed by atoms with E-state index in [0.29, 0.717) is 24.0 Å². The molecule has 0 saturated carbocycles. The lowest BCUT2D eigenvalue weighted by molar-refractivity contribution is 0.103. The number of aryl methyl sites for hydroxylation is 1. The predicted molar refractivity (Wildman–Crippen MR) is 96.0 cm³/mol. The standard InChI is InChI=1S/C18H16FN3O3S/c19-16-7-12(2-1-5-22-26(24)25)6-14(9-16)18(23)13-3-4-17-15(8-13)10-20-11-21-17/h3-4,6-11,26H,1-2,5H2,(H,22,24,25). The number of thiol groups is 1. The van der Waals surface area contributed by atoms with E-state index in [9.17, 15) is 17.6 Å². The minimum atomic E-state index is -2.64. The molecule has 6 nitrogen and oxygen atoms in total. The highest BCUT2D eigenvalue weighted by Gasteiger charge is 2.12. The molecular formula is C18H16FN3O3S. The van der Waals surface area contributed by atoms with Crippen LogP contribution in [0, 0.1) is 5.82 Å². The Labute approximate surface area is 151 Å². The van der Waals surface area contributed by atoms with Gasteiger partial charge < -0.3 is 0 Å². The van der Waals surface area contributed by atoms with Crippen LogP contribution >= 0.6 is 0 Å². The number of rotatable bonds is 7. The number of hydrogen-bond acceptors (Lipinski definition) is 5. The van der Waals surface area contributed by atoms with Crippen molar-refractivity contribution in [2.45, 2.75) is 12.8 Å². The molecule has 2 aromatic carbocycles. The van der Waals surface area contributed by atoms with E-state index in [1.165, 1.54) is 18.5 Å². The van der Waals surface area contributed by atoms with Gasteiger partial charge in [-0.3, -0.25) is 4.79 Å². The molecule has 134 valence electrons. The van der Waals surface area contributed by atoms with Gasteiger partial charge in [-0.1, -0.05) is 0 Å². The van der Waals surface area contributed by atoms with E-state index in [0.717, 1.165) is 10.9 Å². The van der Waals surface area contributed by atoms with Gasteiger partial charge in [-0.25, -0.2) is 27.5 Å². The summed E-state index contributed by atoms with van der Waals surface area (Å²) in [5, 5.41) is 0.729. The summed E-state index contributed by atoms with van der Waals surface area (Å²) in [4.78, 5) is 20.8. The highest BCUT2D eigenvalue weighted by molar-refractivity contribution is 7.70. The fourth-order valence-electron chi connectivity index (χ4n) is 2.68. The first-order valence-corrected chi connectivity index (χ1v) is 9.12. The monoisotopic (exact) mass is 373 g/mol. The van der Waals surface area contributed by atoms with Crippen LogP contribution in [-0.2, 0) is 17.3 Å². The van der Waals surface area contributed by atoms with Crippen molar-refractivity contribution in [3.63, 3.8) is 0 Å². The molecular weight excluding hydrogens is 357 g/mol. The van der Waals surface area contributed by atoms with E-state index in [-0.39, 0.29) is 17.9 Å². The number of benzene rings is 2. The van der Waals surface area contributed by atoms with Gasteiger partial charge in [0.1, 0.15) is 12.1 Å². The van der Waals surface area contributed by atoms with E-state index in [1.807, 2.05) is 0 Å². The maximum Gasteiger partial charge on any atom is 0.201 e. The summed E-state index contributed by atoms with van der Waals surface area (Å²) in [7, 11) is -2.64. The van der Waals surface area contributed by atoms with Gasteiger partial charge >= 0.3 is 0 Å². The largest absolute Gasteiger partial charge is 0.289 e. The highest BCUT2D eigenvalue weighted by atomic mass is 32.2. The molecule has 1 aromatic heterocycles. The lowest BCUT2D eigenvalue weighted by Gasteiger charge is -2.07. The number of carbonyl (C=O) groups is 1. The Morgan fingerprint density at radius 3 is 2.77 bits per heavy atom. The molecule has 0 aliphatic rings. The third-order valence-electron chi connectivity index (χ3n) is 3.87. The molecule has 0 fully saturated rings. The number of nitrogens with zero attached hydrogens (tertiary/aromatic N) is 2. The first-order chi connectivity index (χ1) is 12.5. The summed E-state index contributed by atoms with van der Waals surface area (Å²) in [6.07, 6.45) is 4.01. The summed E-state index contributed by atoms with van der Waals surface area (Å²) >= 11 is 0. The van der Waals surface area contributed by atoms with Crippen molar-refractivity contribution in [2.75, 3.05) is 6.54 Å². The molecule has 0 aliphatic carbocycles.